The molecule has 3 heteroatoms. The number of carbonyl (C=O) groups excluding carboxylic acids is 1. The second-order valence-corrected chi connectivity index (χ2v) is 2.31. The molecule has 12 heavy (non-hydrogen) atoms. The summed E-state index contributed by atoms with van der Waals surface area (Å²) in [7, 11) is 0. The Morgan fingerprint density at radius 1 is 1.67 bits per heavy atom. The van der Waals surface area contributed by atoms with Gasteiger partial charge < -0.3 is 10.1 Å². The summed E-state index contributed by atoms with van der Waals surface area (Å²) in [5, 5.41) is 2.68. The average Bonchev–Trinajstić information content (AvgIpc) is 2.05. The van der Waals surface area contributed by atoms with E-state index in [9.17, 15) is 4.79 Å². The maximum Gasteiger partial charge on any atom is 0.262 e. The highest BCUT2D eigenvalue weighted by molar-refractivity contribution is 5.81. The van der Waals surface area contributed by atoms with Gasteiger partial charge in [-0.25, -0.2) is 0 Å². The molecular weight excluding hydrogens is 154 g/mol. The third kappa shape index (κ3) is 1.75. The quantitative estimate of drug-likeness (QED) is 0.632. The standard InChI is InChI=1S/C9H11NO2/c1-3-5-7-8(4-2)12-6-9(11)10-7/h3-5H,1,6H2,2H3,(H,10,11)/b7-5+,8-4+. The molecule has 0 aromatic rings. The summed E-state index contributed by atoms with van der Waals surface area (Å²) in [4.78, 5) is 10.9. The third-order valence-electron chi connectivity index (χ3n) is 1.45. The molecule has 64 valence electrons. The molecule has 3 nitrogen and oxygen atoms in total. The van der Waals surface area contributed by atoms with Crippen LogP contribution in [0, 0.1) is 0 Å². The first-order chi connectivity index (χ1) is 5.77. The van der Waals surface area contributed by atoms with E-state index in [-0.39, 0.29) is 12.5 Å². The van der Waals surface area contributed by atoms with Crippen molar-refractivity contribution in [3.05, 3.63) is 36.3 Å². The van der Waals surface area contributed by atoms with Crippen LogP contribution in [0.25, 0.3) is 0 Å². The van der Waals surface area contributed by atoms with E-state index in [1.165, 1.54) is 0 Å². The lowest BCUT2D eigenvalue weighted by Crippen LogP contribution is -2.33. The highest BCUT2D eigenvalue weighted by Crippen LogP contribution is 2.12. The Bertz CT molecular complexity index is 264. The molecule has 0 aromatic carbocycles. The van der Waals surface area contributed by atoms with E-state index in [2.05, 4.69) is 11.9 Å². The van der Waals surface area contributed by atoms with Gasteiger partial charge in [-0.3, -0.25) is 4.79 Å². The summed E-state index contributed by atoms with van der Waals surface area (Å²) in [5.74, 6) is 0.559. The molecule has 1 saturated heterocycles. The number of ether oxygens (including phenoxy) is 1. The molecule has 0 bridgehead atoms. The summed E-state index contributed by atoms with van der Waals surface area (Å²) < 4.78 is 5.14. The molecule has 1 amide bonds. The van der Waals surface area contributed by atoms with Crippen molar-refractivity contribution in [3.8, 4) is 0 Å². The molecule has 0 atom stereocenters. The fourth-order valence-corrected chi connectivity index (χ4v) is 0.949. The minimum Gasteiger partial charge on any atom is -0.482 e. The summed E-state index contributed by atoms with van der Waals surface area (Å²) in [5.41, 5.74) is 0.670. The molecule has 1 heterocycles. The van der Waals surface area contributed by atoms with Gasteiger partial charge in [0, 0.05) is 0 Å². The molecule has 1 rings (SSSR count). The van der Waals surface area contributed by atoms with Gasteiger partial charge in [0.2, 0.25) is 0 Å². The predicted molar refractivity (Wildman–Crippen MR) is 46.1 cm³/mol. The van der Waals surface area contributed by atoms with E-state index in [0.717, 1.165) is 0 Å². The van der Waals surface area contributed by atoms with Crippen LogP contribution in [0.2, 0.25) is 0 Å². The van der Waals surface area contributed by atoms with Crippen molar-refractivity contribution < 1.29 is 9.53 Å². The highest BCUT2D eigenvalue weighted by Gasteiger charge is 2.16. The fourth-order valence-electron chi connectivity index (χ4n) is 0.949. The first-order valence-corrected chi connectivity index (χ1v) is 3.70. The summed E-state index contributed by atoms with van der Waals surface area (Å²) >= 11 is 0. The van der Waals surface area contributed by atoms with Crippen LogP contribution in [0.4, 0.5) is 0 Å². The van der Waals surface area contributed by atoms with Gasteiger partial charge in [-0.05, 0) is 19.1 Å². The first kappa shape index (κ1) is 8.59. The van der Waals surface area contributed by atoms with E-state index < -0.39 is 0 Å². The van der Waals surface area contributed by atoms with E-state index in [4.69, 9.17) is 4.74 Å². The Morgan fingerprint density at radius 3 is 3.00 bits per heavy atom. The average molecular weight is 165 g/mol. The highest BCUT2D eigenvalue weighted by atomic mass is 16.5. The molecule has 1 N–H and O–H groups in total. The Hall–Kier alpha value is -1.51. The lowest BCUT2D eigenvalue weighted by molar-refractivity contribution is -0.125. The molecule has 0 unspecified atom stereocenters. The number of nitrogens with one attached hydrogen (secondary N) is 1. The molecule has 1 aliphatic heterocycles. The van der Waals surface area contributed by atoms with Gasteiger partial charge in [0.05, 0.1) is 5.70 Å². The van der Waals surface area contributed by atoms with Crippen molar-refractivity contribution in [2.24, 2.45) is 0 Å². The number of hydrogen-bond acceptors (Lipinski definition) is 2. The minimum absolute atomic E-state index is 0.0914. The van der Waals surface area contributed by atoms with Crippen molar-refractivity contribution in [1.29, 1.82) is 0 Å². The molecule has 0 radical (unpaired) electrons. The van der Waals surface area contributed by atoms with Crippen molar-refractivity contribution in [2.75, 3.05) is 6.61 Å². The third-order valence-corrected chi connectivity index (χ3v) is 1.45. The Labute approximate surface area is 71.4 Å². The van der Waals surface area contributed by atoms with Gasteiger partial charge in [-0.15, -0.1) is 0 Å². The van der Waals surface area contributed by atoms with Crippen molar-refractivity contribution >= 4 is 5.91 Å². The van der Waals surface area contributed by atoms with Gasteiger partial charge in [0.1, 0.15) is 5.76 Å². The van der Waals surface area contributed by atoms with Crippen LogP contribution < -0.4 is 5.32 Å². The number of hydrogen-bond donors (Lipinski definition) is 1. The molecule has 1 fully saturated rings. The minimum atomic E-state index is -0.131. The van der Waals surface area contributed by atoms with Gasteiger partial charge in [0.25, 0.3) is 5.91 Å². The summed E-state index contributed by atoms with van der Waals surface area (Å²) in [6.45, 7) is 5.48. The van der Waals surface area contributed by atoms with Crippen LogP contribution >= 0.6 is 0 Å². The Kier molecular flexibility index (Phi) is 2.69. The number of morpholine rings is 1. The second-order valence-electron chi connectivity index (χ2n) is 2.31. The molecule has 0 spiro atoms. The van der Waals surface area contributed by atoms with E-state index in [1.54, 1.807) is 18.2 Å². The zero-order valence-electron chi connectivity index (χ0n) is 6.96. The van der Waals surface area contributed by atoms with Gasteiger partial charge in [-0.1, -0.05) is 12.7 Å². The smallest absolute Gasteiger partial charge is 0.262 e. The van der Waals surface area contributed by atoms with Crippen LogP contribution in [-0.4, -0.2) is 12.5 Å². The van der Waals surface area contributed by atoms with Crippen molar-refractivity contribution in [3.63, 3.8) is 0 Å². The fraction of sp³-hybridized carbons (Fsp3) is 0.222. The zero-order valence-corrected chi connectivity index (χ0v) is 6.96. The normalized spacial score (nSPS) is 23.6. The monoisotopic (exact) mass is 165 g/mol. The van der Waals surface area contributed by atoms with Crippen LogP contribution in [0.5, 0.6) is 0 Å². The maximum atomic E-state index is 10.9. The Balaban J connectivity index is 2.85. The Morgan fingerprint density at radius 2 is 2.42 bits per heavy atom. The molecule has 0 aliphatic carbocycles. The van der Waals surface area contributed by atoms with Crippen LogP contribution in [-0.2, 0) is 9.53 Å². The lowest BCUT2D eigenvalue weighted by Gasteiger charge is -2.19. The largest absolute Gasteiger partial charge is 0.482 e. The topological polar surface area (TPSA) is 38.3 Å². The summed E-state index contributed by atoms with van der Waals surface area (Å²) in [6, 6.07) is 0. The van der Waals surface area contributed by atoms with E-state index in [0.29, 0.717) is 11.5 Å². The number of rotatable bonds is 1. The zero-order chi connectivity index (χ0) is 8.97. The number of amides is 1. The SMILES string of the molecule is C=C/C=C1/NC(=O)CO/C1=C/C. The summed E-state index contributed by atoms with van der Waals surface area (Å²) in [6.07, 6.45) is 5.11. The van der Waals surface area contributed by atoms with E-state index >= 15 is 0 Å². The van der Waals surface area contributed by atoms with Crippen LogP contribution in [0.15, 0.2) is 36.3 Å². The van der Waals surface area contributed by atoms with Crippen LogP contribution in [0.1, 0.15) is 6.92 Å². The number of carbonyl (C=O) groups is 1. The number of allylic oxidation sites excluding steroid dienone is 3. The second kappa shape index (κ2) is 3.76. The lowest BCUT2D eigenvalue weighted by atomic mass is 10.2. The first-order valence-electron chi connectivity index (χ1n) is 3.70. The molecule has 0 saturated carbocycles. The van der Waals surface area contributed by atoms with Gasteiger partial charge in [-0.2, -0.15) is 0 Å². The predicted octanol–water partition coefficient (Wildman–Crippen LogP) is 1.11. The van der Waals surface area contributed by atoms with Gasteiger partial charge >= 0.3 is 0 Å². The molecular formula is C9H11NO2. The van der Waals surface area contributed by atoms with Crippen molar-refractivity contribution in [1.82, 2.24) is 5.32 Å². The van der Waals surface area contributed by atoms with E-state index in [1.807, 2.05) is 6.92 Å². The maximum absolute atomic E-state index is 10.9. The molecule has 1 aliphatic rings. The molecule has 0 aromatic heterocycles. The van der Waals surface area contributed by atoms with Crippen LogP contribution in [0.3, 0.4) is 0 Å². The van der Waals surface area contributed by atoms with Crippen molar-refractivity contribution in [2.45, 2.75) is 6.92 Å². The van der Waals surface area contributed by atoms with Gasteiger partial charge in [0.15, 0.2) is 6.61 Å².